The summed E-state index contributed by atoms with van der Waals surface area (Å²) in [4.78, 5) is 41.4. The molecule has 9 nitrogen and oxygen atoms in total. The number of amides is 3. The second-order valence-corrected chi connectivity index (χ2v) is 14.5. The lowest BCUT2D eigenvalue weighted by atomic mass is 9.91. The van der Waals surface area contributed by atoms with Crippen LogP contribution in [0.25, 0.3) is 0 Å². The number of hydrogen-bond acceptors (Lipinski definition) is 8. The minimum atomic E-state index is -0.670. The third-order valence-corrected chi connectivity index (χ3v) is 10.8. The molecular formula is C34H47N3O6S2. The maximum absolute atomic E-state index is 13.9. The van der Waals surface area contributed by atoms with Gasteiger partial charge < -0.3 is 25.2 Å². The zero-order chi connectivity index (χ0) is 32.2. The number of nitrogens with one attached hydrogen (secondary N) is 2. The van der Waals surface area contributed by atoms with Crippen LogP contribution in [0.15, 0.2) is 48.5 Å². The van der Waals surface area contributed by atoms with E-state index in [1.807, 2.05) is 49.9 Å². The molecule has 0 spiro atoms. The minimum absolute atomic E-state index is 0.0654. The zero-order valence-electron chi connectivity index (χ0n) is 26.5. The van der Waals surface area contributed by atoms with Crippen molar-refractivity contribution in [3.63, 3.8) is 0 Å². The smallest absolute Gasteiger partial charge is 0.411 e. The van der Waals surface area contributed by atoms with Crippen molar-refractivity contribution >= 4 is 41.4 Å². The van der Waals surface area contributed by atoms with Crippen LogP contribution in [0, 0.1) is 11.8 Å². The van der Waals surface area contributed by atoms with E-state index in [4.69, 9.17) is 9.47 Å². The van der Waals surface area contributed by atoms with Gasteiger partial charge in [0.1, 0.15) is 17.5 Å². The molecule has 1 heterocycles. The topological polar surface area (TPSA) is 117 Å². The number of aromatic hydroxyl groups is 1. The number of carbonyl (C=O) groups excluding carboxylic acids is 3. The van der Waals surface area contributed by atoms with Crippen LogP contribution >= 0.6 is 23.5 Å². The molecule has 11 heteroatoms. The molecule has 4 rings (SSSR count). The summed E-state index contributed by atoms with van der Waals surface area (Å²) < 4.78 is 10.8. The van der Waals surface area contributed by atoms with Crippen LogP contribution in [0.1, 0.15) is 61.9 Å². The molecule has 246 valence electrons. The van der Waals surface area contributed by atoms with E-state index in [1.54, 1.807) is 25.3 Å². The summed E-state index contributed by atoms with van der Waals surface area (Å²) >= 11 is 3.36. The van der Waals surface area contributed by atoms with E-state index in [0.29, 0.717) is 24.0 Å². The van der Waals surface area contributed by atoms with Gasteiger partial charge in [-0.05, 0) is 66.7 Å². The standard InChI is InChI=1S/C34H47N3O6S2/c1-23(2)19-43-34(41)37-22-44-21-29(37)33(40)36-28(18-35-32(39)27-11-7-8-12-30(27)38)31(45-20-25-9-5-4-6-10-25)17-24-13-15-26(42-3)16-14-24/h7-8,11-16,23,25,28-29,31,38H,4-6,9-10,17-22H2,1-3H3,(H,35,39)(H,36,40)/t28?,29-,31?/m0/s1. The lowest BCUT2D eigenvalue weighted by Crippen LogP contribution is -2.56. The van der Waals surface area contributed by atoms with E-state index < -0.39 is 24.1 Å². The fourth-order valence-electron chi connectivity index (χ4n) is 5.60. The lowest BCUT2D eigenvalue weighted by molar-refractivity contribution is -0.125. The third kappa shape index (κ3) is 10.5. The number of para-hydroxylation sites is 1. The van der Waals surface area contributed by atoms with Gasteiger partial charge in [0.15, 0.2) is 0 Å². The Bertz CT molecular complexity index is 1250. The molecule has 0 aromatic heterocycles. The Hall–Kier alpha value is -3.05. The first-order chi connectivity index (χ1) is 21.7. The number of rotatable bonds is 14. The van der Waals surface area contributed by atoms with Gasteiger partial charge in [-0.1, -0.05) is 57.4 Å². The molecule has 1 saturated carbocycles. The van der Waals surface area contributed by atoms with Crippen molar-refractivity contribution in [2.45, 2.75) is 69.7 Å². The van der Waals surface area contributed by atoms with Crippen LogP contribution in [0.3, 0.4) is 0 Å². The molecular weight excluding hydrogens is 611 g/mol. The normalized spacial score (nSPS) is 18.3. The van der Waals surface area contributed by atoms with E-state index in [9.17, 15) is 19.5 Å². The largest absolute Gasteiger partial charge is 0.507 e. The van der Waals surface area contributed by atoms with E-state index in [-0.39, 0.29) is 41.5 Å². The van der Waals surface area contributed by atoms with E-state index in [1.165, 1.54) is 54.8 Å². The van der Waals surface area contributed by atoms with E-state index in [0.717, 1.165) is 17.1 Å². The maximum atomic E-state index is 13.9. The van der Waals surface area contributed by atoms with Gasteiger partial charge in [-0.3, -0.25) is 14.5 Å². The molecule has 1 aliphatic heterocycles. The van der Waals surface area contributed by atoms with Crippen molar-refractivity contribution in [2.24, 2.45) is 11.8 Å². The predicted molar refractivity (Wildman–Crippen MR) is 181 cm³/mol. The summed E-state index contributed by atoms with van der Waals surface area (Å²) in [6.07, 6.45) is 6.35. The monoisotopic (exact) mass is 657 g/mol. The molecule has 45 heavy (non-hydrogen) atoms. The highest BCUT2D eigenvalue weighted by Crippen LogP contribution is 2.31. The van der Waals surface area contributed by atoms with Crippen molar-refractivity contribution in [3.05, 3.63) is 59.7 Å². The van der Waals surface area contributed by atoms with Gasteiger partial charge in [0.2, 0.25) is 5.91 Å². The molecule has 2 aliphatic rings. The van der Waals surface area contributed by atoms with Gasteiger partial charge >= 0.3 is 6.09 Å². The van der Waals surface area contributed by atoms with Crippen LogP contribution in [-0.4, -0.2) is 82.9 Å². The van der Waals surface area contributed by atoms with Crippen LogP contribution in [-0.2, 0) is 16.0 Å². The number of nitrogens with zero attached hydrogens (tertiary/aromatic N) is 1. The number of benzene rings is 2. The number of carbonyl (C=O) groups is 3. The SMILES string of the molecule is COc1ccc(CC(SCC2CCCCC2)C(CNC(=O)c2ccccc2O)NC(=O)[C@@H]2CSCN2C(=O)OCC(C)C)cc1. The Kier molecular flexibility index (Phi) is 13.6. The highest BCUT2D eigenvalue weighted by atomic mass is 32.2. The number of ether oxygens (including phenoxy) is 2. The van der Waals surface area contributed by atoms with Gasteiger partial charge in [-0.2, -0.15) is 11.8 Å². The summed E-state index contributed by atoms with van der Waals surface area (Å²) in [6.45, 7) is 4.39. The Morgan fingerprint density at radius 2 is 1.80 bits per heavy atom. The van der Waals surface area contributed by atoms with Gasteiger partial charge in [0, 0.05) is 17.5 Å². The van der Waals surface area contributed by atoms with Gasteiger partial charge in [-0.15, -0.1) is 11.8 Å². The molecule has 2 unspecified atom stereocenters. The first-order valence-electron chi connectivity index (χ1n) is 15.9. The maximum Gasteiger partial charge on any atom is 0.411 e. The average Bonchev–Trinajstić information content (AvgIpc) is 3.55. The van der Waals surface area contributed by atoms with Crippen LogP contribution in [0.2, 0.25) is 0 Å². The number of phenols is 1. The quantitative estimate of drug-likeness (QED) is 0.237. The fraction of sp³-hybridized carbons (Fsp3) is 0.559. The summed E-state index contributed by atoms with van der Waals surface area (Å²) in [5.41, 5.74) is 1.27. The van der Waals surface area contributed by atoms with Crippen LogP contribution in [0.5, 0.6) is 11.5 Å². The molecule has 0 radical (unpaired) electrons. The third-order valence-electron chi connectivity index (χ3n) is 8.23. The molecule has 3 atom stereocenters. The van der Waals surface area contributed by atoms with Crippen molar-refractivity contribution in [2.75, 3.05) is 37.6 Å². The van der Waals surface area contributed by atoms with E-state index >= 15 is 0 Å². The summed E-state index contributed by atoms with van der Waals surface area (Å²) in [5, 5.41) is 16.4. The Morgan fingerprint density at radius 1 is 1.07 bits per heavy atom. The fourth-order valence-corrected chi connectivity index (χ4v) is 8.30. The highest BCUT2D eigenvalue weighted by Gasteiger charge is 2.38. The van der Waals surface area contributed by atoms with Crippen molar-refractivity contribution < 1.29 is 29.0 Å². The number of phenolic OH excluding ortho intramolecular Hbond substituents is 1. The second kappa shape index (κ2) is 17.6. The average molecular weight is 658 g/mol. The van der Waals surface area contributed by atoms with Crippen LogP contribution < -0.4 is 15.4 Å². The summed E-state index contributed by atoms with van der Waals surface area (Å²) in [5.74, 6) is 2.62. The number of hydrogen-bond donors (Lipinski definition) is 3. The van der Waals surface area contributed by atoms with Gasteiger partial charge in [0.25, 0.3) is 5.91 Å². The first kappa shape index (κ1) is 34.8. The van der Waals surface area contributed by atoms with Crippen LogP contribution in [0.4, 0.5) is 4.79 Å². The van der Waals surface area contributed by atoms with Gasteiger partial charge in [0.05, 0.1) is 31.2 Å². The molecule has 1 saturated heterocycles. The molecule has 2 fully saturated rings. The molecule has 3 N–H and O–H groups in total. The Morgan fingerprint density at radius 3 is 2.49 bits per heavy atom. The Balaban J connectivity index is 1.56. The minimum Gasteiger partial charge on any atom is -0.507 e. The zero-order valence-corrected chi connectivity index (χ0v) is 28.2. The van der Waals surface area contributed by atoms with Gasteiger partial charge in [-0.25, -0.2) is 4.79 Å². The molecule has 2 aromatic rings. The predicted octanol–water partition coefficient (Wildman–Crippen LogP) is 5.71. The van der Waals surface area contributed by atoms with E-state index in [2.05, 4.69) is 10.6 Å². The summed E-state index contributed by atoms with van der Waals surface area (Å²) in [6, 6.07) is 13.2. The summed E-state index contributed by atoms with van der Waals surface area (Å²) in [7, 11) is 1.64. The molecule has 3 amide bonds. The van der Waals surface area contributed by atoms with Crippen molar-refractivity contribution in [1.82, 2.24) is 15.5 Å². The Labute approximate surface area is 275 Å². The second-order valence-electron chi connectivity index (χ2n) is 12.2. The number of thioether (sulfide) groups is 2. The van der Waals surface area contributed by atoms with Crippen molar-refractivity contribution in [3.8, 4) is 11.5 Å². The highest BCUT2D eigenvalue weighted by molar-refractivity contribution is 8.00. The molecule has 2 aromatic carbocycles. The van der Waals surface area contributed by atoms with Crippen molar-refractivity contribution in [1.29, 1.82) is 0 Å². The lowest BCUT2D eigenvalue weighted by Gasteiger charge is -2.32. The molecule has 0 bridgehead atoms. The number of methoxy groups -OCH3 is 1. The molecule has 1 aliphatic carbocycles. The first-order valence-corrected chi connectivity index (χ1v) is 18.1.